The van der Waals surface area contributed by atoms with Gasteiger partial charge in [0.1, 0.15) is 0 Å². The normalized spacial score (nSPS) is 12.8. The van der Waals surface area contributed by atoms with Crippen LogP contribution < -0.4 is 11.1 Å². The van der Waals surface area contributed by atoms with E-state index in [1.54, 1.807) is 6.20 Å². The Balaban J connectivity index is 2.60. The van der Waals surface area contributed by atoms with Gasteiger partial charge in [0.05, 0.1) is 17.8 Å². The van der Waals surface area contributed by atoms with Gasteiger partial charge in [-0.25, -0.2) is 0 Å². The fraction of sp³-hybridized carbons (Fsp3) is 0.667. The summed E-state index contributed by atoms with van der Waals surface area (Å²) in [7, 11) is 0. The predicted molar refractivity (Wildman–Crippen MR) is 68.7 cm³/mol. The maximum atomic E-state index is 11.9. The molecule has 0 saturated heterocycles. The van der Waals surface area contributed by atoms with Crippen molar-refractivity contribution in [1.29, 1.82) is 0 Å². The minimum atomic E-state index is -0.109. The molecule has 5 heteroatoms. The second kappa shape index (κ2) is 6.39. The molecule has 1 rings (SSSR count). The van der Waals surface area contributed by atoms with Crippen LogP contribution in [0.4, 0.5) is 5.69 Å². The van der Waals surface area contributed by atoms with E-state index in [9.17, 15) is 4.79 Å². The monoisotopic (exact) mass is 238 g/mol. The van der Waals surface area contributed by atoms with Crippen LogP contribution in [0.1, 0.15) is 39.7 Å². The fourth-order valence-corrected chi connectivity index (χ4v) is 1.63. The maximum Gasteiger partial charge on any atom is 0.228 e. The molecule has 1 aromatic heterocycles. The van der Waals surface area contributed by atoms with Crippen LogP contribution in [0.25, 0.3) is 0 Å². The van der Waals surface area contributed by atoms with E-state index in [4.69, 9.17) is 5.73 Å². The second-order valence-corrected chi connectivity index (χ2v) is 4.51. The molecule has 17 heavy (non-hydrogen) atoms. The maximum absolute atomic E-state index is 11.9. The van der Waals surface area contributed by atoms with Crippen molar-refractivity contribution >= 4 is 11.6 Å². The number of aromatic nitrogens is 2. The van der Waals surface area contributed by atoms with Crippen molar-refractivity contribution in [3.8, 4) is 0 Å². The van der Waals surface area contributed by atoms with Gasteiger partial charge < -0.3 is 11.1 Å². The van der Waals surface area contributed by atoms with Gasteiger partial charge in [-0.05, 0) is 20.3 Å². The predicted octanol–water partition coefficient (Wildman–Crippen LogP) is 1.78. The first-order valence-corrected chi connectivity index (χ1v) is 6.13. The third-order valence-electron chi connectivity index (χ3n) is 2.69. The SMILES string of the molecule is CCCC(CN)C(=O)Nc1cnn(C(C)C)c1. The van der Waals surface area contributed by atoms with E-state index in [1.165, 1.54) is 0 Å². The smallest absolute Gasteiger partial charge is 0.228 e. The number of amides is 1. The average molecular weight is 238 g/mol. The van der Waals surface area contributed by atoms with Crippen LogP contribution in [0.3, 0.4) is 0 Å². The highest BCUT2D eigenvalue weighted by Crippen LogP contribution is 2.13. The number of nitrogens with zero attached hydrogens (tertiary/aromatic N) is 2. The summed E-state index contributed by atoms with van der Waals surface area (Å²) in [5, 5.41) is 7.02. The molecule has 1 heterocycles. The lowest BCUT2D eigenvalue weighted by Gasteiger charge is -2.12. The number of nitrogens with two attached hydrogens (primary N) is 1. The average Bonchev–Trinajstić information content (AvgIpc) is 2.74. The largest absolute Gasteiger partial charge is 0.330 e. The topological polar surface area (TPSA) is 72.9 Å². The Morgan fingerprint density at radius 3 is 2.76 bits per heavy atom. The van der Waals surface area contributed by atoms with E-state index in [2.05, 4.69) is 10.4 Å². The van der Waals surface area contributed by atoms with Crippen molar-refractivity contribution in [2.24, 2.45) is 11.7 Å². The Morgan fingerprint density at radius 2 is 2.29 bits per heavy atom. The van der Waals surface area contributed by atoms with Crippen molar-refractivity contribution in [3.05, 3.63) is 12.4 Å². The van der Waals surface area contributed by atoms with Gasteiger partial charge in [0.2, 0.25) is 5.91 Å². The third-order valence-corrected chi connectivity index (χ3v) is 2.69. The number of nitrogens with one attached hydrogen (secondary N) is 1. The summed E-state index contributed by atoms with van der Waals surface area (Å²) in [6, 6.07) is 0.293. The summed E-state index contributed by atoms with van der Waals surface area (Å²) in [6.07, 6.45) is 5.28. The lowest BCUT2D eigenvalue weighted by Crippen LogP contribution is -2.29. The summed E-state index contributed by atoms with van der Waals surface area (Å²) in [6.45, 7) is 6.52. The Morgan fingerprint density at radius 1 is 1.59 bits per heavy atom. The summed E-state index contributed by atoms with van der Waals surface area (Å²) in [5.41, 5.74) is 6.32. The zero-order chi connectivity index (χ0) is 12.8. The van der Waals surface area contributed by atoms with Crippen LogP contribution in [0.5, 0.6) is 0 Å². The van der Waals surface area contributed by atoms with E-state index in [0.717, 1.165) is 18.5 Å². The molecular formula is C12H22N4O. The molecule has 0 aliphatic heterocycles. The molecule has 0 aliphatic rings. The molecule has 1 amide bonds. The van der Waals surface area contributed by atoms with Crippen LogP contribution >= 0.6 is 0 Å². The van der Waals surface area contributed by atoms with E-state index in [0.29, 0.717) is 12.6 Å². The molecule has 0 saturated carbocycles. The van der Waals surface area contributed by atoms with Gasteiger partial charge in [-0.15, -0.1) is 0 Å². The van der Waals surface area contributed by atoms with Crippen molar-refractivity contribution < 1.29 is 4.79 Å². The zero-order valence-electron chi connectivity index (χ0n) is 10.8. The highest BCUT2D eigenvalue weighted by Gasteiger charge is 2.16. The van der Waals surface area contributed by atoms with Gasteiger partial charge in [-0.1, -0.05) is 13.3 Å². The van der Waals surface area contributed by atoms with E-state index >= 15 is 0 Å². The number of anilines is 1. The van der Waals surface area contributed by atoms with Crippen molar-refractivity contribution in [2.75, 3.05) is 11.9 Å². The second-order valence-electron chi connectivity index (χ2n) is 4.51. The highest BCUT2D eigenvalue weighted by molar-refractivity contribution is 5.92. The first kappa shape index (κ1) is 13.7. The Kier molecular flexibility index (Phi) is 5.15. The van der Waals surface area contributed by atoms with Crippen LogP contribution in [-0.4, -0.2) is 22.2 Å². The van der Waals surface area contributed by atoms with Crippen LogP contribution in [0.15, 0.2) is 12.4 Å². The van der Waals surface area contributed by atoms with E-state index < -0.39 is 0 Å². The van der Waals surface area contributed by atoms with Gasteiger partial charge in [0.15, 0.2) is 0 Å². The summed E-state index contributed by atoms with van der Waals surface area (Å²) < 4.78 is 1.81. The van der Waals surface area contributed by atoms with Gasteiger partial charge in [-0.2, -0.15) is 5.10 Å². The number of carbonyl (C=O) groups is 1. The van der Waals surface area contributed by atoms with Crippen molar-refractivity contribution in [2.45, 2.75) is 39.7 Å². The summed E-state index contributed by atoms with van der Waals surface area (Å²) in [5.74, 6) is -0.125. The van der Waals surface area contributed by atoms with Crippen molar-refractivity contribution in [1.82, 2.24) is 9.78 Å². The number of carbonyl (C=O) groups excluding carboxylic acids is 1. The molecule has 0 radical (unpaired) electrons. The van der Waals surface area contributed by atoms with Gasteiger partial charge in [-0.3, -0.25) is 9.48 Å². The van der Waals surface area contributed by atoms with E-state index in [-0.39, 0.29) is 11.8 Å². The Labute approximate surface area is 102 Å². The molecular weight excluding hydrogens is 216 g/mol. The third kappa shape index (κ3) is 3.85. The minimum Gasteiger partial charge on any atom is -0.330 e. The first-order valence-electron chi connectivity index (χ1n) is 6.13. The number of hydrogen-bond acceptors (Lipinski definition) is 3. The highest BCUT2D eigenvalue weighted by atomic mass is 16.1. The molecule has 0 spiro atoms. The number of hydrogen-bond donors (Lipinski definition) is 2. The van der Waals surface area contributed by atoms with Crippen molar-refractivity contribution in [3.63, 3.8) is 0 Å². The lowest BCUT2D eigenvalue weighted by atomic mass is 10.0. The molecule has 5 nitrogen and oxygen atoms in total. The van der Waals surface area contributed by atoms with Crippen LogP contribution in [0, 0.1) is 5.92 Å². The molecule has 96 valence electrons. The molecule has 3 N–H and O–H groups in total. The minimum absolute atomic E-state index is 0.0161. The molecule has 0 fully saturated rings. The summed E-state index contributed by atoms with van der Waals surface area (Å²) >= 11 is 0. The number of rotatable bonds is 6. The Bertz CT molecular complexity index is 359. The summed E-state index contributed by atoms with van der Waals surface area (Å²) in [4.78, 5) is 11.9. The lowest BCUT2D eigenvalue weighted by molar-refractivity contribution is -0.119. The Hall–Kier alpha value is -1.36. The van der Waals surface area contributed by atoms with Crippen LogP contribution in [-0.2, 0) is 4.79 Å². The van der Waals surface area contributed by atoms with Crippen LogP contribution in [0.2, 0.25) is 0 Å². The quantitative estimate of drug-likeness (QED) is 0.793. The molecule has 1 unspecified atom stereocenters. The van der Waals surface area contributed by atoms with Gasteiger partial charge in [0, 0.05) is 18.8 Å². The first-order chi connectivity index (χ1) is 8.08. The van der Waals surface area contributed by atoms with E-state index in [1.807, 2.05) is 31.6 Å². The van der Waals surface area contributed by atoms with Gasteiger partial charge >= 0.3 is 0 Å². The molecule has 1 atom stereocenters. The fourth-order valence-electron chi connectivity index (χ4n) is 1.63. The molecule has 0 aromatic carbocycles. The molecule has 0 bridgehead atoms. The molecule has 0 aliphatic carbocycles. The standard InChI is InChI=1S/C12H22N4O/c1-4-5-10(6-13)12(17)15-11-7-14-16(8-11)9(2)3/h7-10H,4-6,13H2,1-3H3,(H,15,17). The zero-order valence-corrected chi connectivity index (χ0v) is 10.8. The van der Waals surface area contributed by atoms with Gasteiger partial charge in [0.25, 0.3) is 0 Å². The molecule has 1 aromatic rings.